The predicted octanol–water partition coefficient (Wildman–Crippen LogP) is 2.61. The number of benzene rings is 1. The molecule has 1 aromatic carbocycles. The largest absolute Gasteiger partial charge is 0.481 e. The summed E-state index contributed by atoms with van der Waals surface area (Å²) < 4.78 is 0. The Balaban J connectivity index is 3.10. The molecule has 0 saturated heterocycles. The van der Waals surface area contributed by atoms with Gasteiger partial charge in [0.05, 0.1) is 11.5 Å². The smallest absolute Gasteiger partial charge is 0.312 e. The number of carboxylic acids is 1. The Labute approximate surface area is 95.7 Å². The van der Waals surface area contributed by atoms with E-state index in [1.807, 2.05) is 6.07 Å². The fraction of sp³-hybridized carbons (Fsp3) is 0.462. The molecule has 0 fully saturated rings. The second kappa shape index (κ2) is 5.12. The highest BCUT2D eigenvalue weighted by Crippen LogP contribution is 2.40. The van der Waals surface area contributed by atoms with E-state index in [-0.39, 0.29) is 0 Å². The SMILES string of the molecule is CCC(CC)(C(=O)O)[C@H](O)c1ccccc1. The van der Waals surface area contributed by atoms with Crippen molar-refractivity contribution in [1.82, 2.24) is 0 Å². The minimum atomic E-state index is -1.08. The quantitative estimate of drug-likeness (QED) is 0.805. The van der Waals surface area contributed by atoms with Crippen molar-refractivity contribution in [2.45, 2.75) is 32.8 Å². The van der Waals surface area contributed by atoms with Crippen LogP contribution in [0.3, 0.4) is 0 Å². The lowest BCUT2D eigenvalue weighted by atomic mass is 9.74. The Bertz CT molecular complexity index is 341. The van der Waals surface area contributed by atoms with Crippen LogP contribution in [0.25, 0.3) is 0 Å². The molecule has 0 aliphatic carbocycles. The highest BCUT2D eigenvalue weighted by atomic mass is 16.4. The Morgan fingerprint density at radius 3 is 2.12 bits per heavy atom. The first-order chi connectivity index (χ1) is 7.58. The third-order valence-corrected chi connectivity index (χ3v) is 3.33. The van der Waals surface area contributed by atoms with Crippen LogP contribution in [0.2, 0.25) is 0 Å². The summed E-state index contributed by atoms with van der Waals surface area (Å²) in [4.78, 5) is 11.3. The summed E-state index contributed by atoms with van der Waals surface area (Å²) in [7, 11) is 0. The molecule has 0 amide bonds. The Kier molecular flexibility index (Phi) is 4.07. The summed E-state index contributed by atoms with van der Waals surface area (Å²) in [5, 5.41) is 19.5. The molecule has 0 spiro atoms. The van der Waals surface area contributed by atoms with Crippen molar-refractivity contribution in [2.24, 2.45) is 5.41 Å². The van der Waals surface area contributed by atoms with E-state index in [0.717, 1.165) is 0 Å². The van der Waals surface area contributed by atoms with Gasteiger partial charge in [0.1, 0.15) is 0 Å². The van der Waals surface area contributed by atoms with Crippen LogP contribution in [0.15, 0.2) is 30.3 Å². The van der Waals surface area contributed by atoms with Crippen molar-refractivity contribution >= 4 is 5.97 Å². The van der Waals surface area contributed by atoms with E-state index in [4.69, 9.17) is 0 Å². The van der Waals surface area contributed by atoms with E-state index in [2.05, 4.69) is 0 Å². The third kappa shape index (κ3) is 2.09. The van der Waals surface area contributed by atoms with Crippen LogP contribution < -0.4 is 0 Å². The topological polar surface area (TPSA) is 57.5 Å². The molecule has 0 heterocycles. The average Bonchev–Trinajstić information content (AvgIpc) is 2.32. The highest BCUT2D eigenvalue weighted by Gasteiger charge is 2.42. The first-order valence-corrected chi connectivity index (χ1v) is 5.55. The van der Waals surface area contributed by atoms with Crippen LogP contribution in [-0.2, 0) is 4.79 Å². The maximum Gasteiger partial charge on any atom is 0.312 e. The van der Waals surface area contributed by atoms with Gasteiger partial charge in [-0.25, -0.2) is 0 Å². The van der Waals surface area contributed by atoms with E-state index >= 15 is 0 Å². The van der Waals surface area contributed by atoms with Gasteiger partial charge in [0.25, 0.3) is 0 Å². The van der Waals surface area contributed by atoms with Crippen LogP contribution in [0.5, 0.6) is 0 Å². The van der Waals surface area contributed by atoms with Gasteiger partial charge >= 0.3 is 5.97 Å². The molecule has 2 N–H and O–H groups in total. The minimum Gasteiger partial charge on any atom is -0.481 e. The normalized spacial score (nSPS) is 13.4. The number of carboxylic acid groups (broad SMARTS) is 1. The standard InChI is InChI=1S/C13H18O3/c1-3-13(4-2,12(15)16)11(14)10-8-6-5-7-9-10/h5-9,11,14H,3-4H2,1-2H3,(H,15,16)/t11-/m1/s1. The van der Waals surface area contributed by atoms with Crippen LogP contribution in [-0.4, -0.2) is 16.2 Å². The van der Waals surface area contributed by atoms with Gasteiger partial charge in [-0.2, -0.15) is 0 Å². The van der Waals surface area contributed by atoms with Crippen molar-refractivity contribution in [3.63, 3.8) is 0 Å². The zero-order valence-corrected chi connectivity index (χ0v) is 9.68. The number of rotatable bonds is 5. The van der Waals surface area contributed by atoms with Crippen molar-refractivity contribution in [3.8, 4) is 0 Å². The molecule has 0 unspecified atom stereocenters. The van der Waals surface area contributed by atoms with Gasteiger partial charge in [0, 0.05) is 0 Å². The maximum atomic E-state index is 11.3. The monoisotopic (exact) mass is 222 g/mol. The van der Waals surface area contributed by atoms with Crippen LogP contribution >= 0.6 is 0 Å². The molecule has 0 bridgehead atoms. The van der Waals surface area contributed by atoms with Gasteiger partial charge in [-0.15, -0.1) is 0 Å². The molecule has 3 nitrogen and oxygen atoms in total. The third-order valence-electron chi connectivity index (χ3n) is 3.33. The summed E-state index contributed by atoms with van der Waals surface area (Å²) >= 11 is 0. The number of aliphatic carboxylic acids is 1. The first-order valence-electron chi connectivity index (χ1n) is 5.55. The van der Waals surface area contributed by atoms with Crippen molar-refractivity contribution < 1.29 is 15.0 Å². The maximum absolute atomic E-state index is 11.3. The molecule has 88 valence electrons. The average molecular weight is 222 g/mol. The van der Waals surface area contributed by atoms with Crippen LogP contribution in [0.4, 0.5) is 0 Å². The fourth-order valence-corrected chi connectivity index (χ4v) is 2.01. The zero-order valence-electron chi connectivity index (χ0n) is 9.68. The molecule has 0 aliphatic heterocycles. The summed E-state index contributed by atoms with van der Waals surface area (Å²) in [5.41, 5.74) is -0.421. The number of aliphatic hydroxyl groups is 1. The molecular formula is C13H18O3. The molecule has 1 aromatic rings. The second-order valence-electron chi connectivity index (χ2n) is 3.98. The van der Waals surface area contributed by atoms with E-state index < -0.39 is 17.5 Å². The van der Waals surface area contributed by atoms with E-state index in [1.54, 1.807) is 38.1 Å². The molecule has 16 heavy (non-hydrogen) atoms. The molecule has 0 saturated carbocycles. The molecule has 0 aromatic heterocycles. The molecule has 1 rings (SSSR count). The first kappa shape index (κ1) is 12.7. The van der Waals surface area contributed by atoms with Gasteiger partial charge < -0.3 is 10.2 Å². The van der Waals surface area contributed by atoms with Crippen molar-refractivity contribution in [1.29, 1.82) is 0 Å². The molecule has 1 atom stereocenters. The molecule has 0 aliphatic rings. The van der Waals surface area contributed by atoms with E-state index in [0.29, 0.717) is 18.4 Å². The van der Waals surface area contributed by atoms with Crippen LogP contribution in [0, 0.1) is 5.41 Å². The summed E-state index contributed by atoms with van der Waals surface area (Å²) in [6.45, 7) is 3.59. The van der Waals surface area contributed by atoms with Crippen molar-refractivity contribution in [3.05, 3.63) is 35.9 Å². The fourth-order valence-electron chi connectivity index (χ4n) is 2.01. The number of hydrogen-bond donors (Lipinski definition) is 2. The number of carbonyl (C=O) groups is 1. The Hall–Kier alpha value is -1.35. The Morgan fingerprint density at radius 1 is 1.25 bits per heavy atom. The zero-order chi connectivity index (χ0) is 12.2. The highest BCUT2D eigenvalue weighted by molar-refractivity contribution is 5.75. The summed E-state index contributed by atoms with van der Waals surface area (Å²) in [6.07, 6.45) is -0.134. The summed E-state index contributed by atoms with van der Waals surface area (Å²) in [5.74, 6) is -0.936. The Morgan fingerprint density at radius 2 is 1.75 bits per heavy atom. The number of aliphatic hydroxyl groups excluding tert-OH is 1. The lowest BCUT2D eigenvalue weighted by Gasteiger charge is -2.32. The predicted molar refractivity (Wildman–Crippen MR) is 62.1 cm³/mol. The lowest BCUT2D eigenvalue weighted by molar-refractivity contribution is -0.158. The second-order valence-corrected chi connectivity index (χ2v) is 3.98. The van der Waals surface area contributed by atoms with Crippen LogP contribution in [0.1, 0.15) is 38.4 Å². The lowest BCUT2D eigenvalue weighted by Crippen LogP contribution is -2.36. The summed E-state index contributed by atoms with van der Waals surface area (Å²) in [6, 6.07) is 8.96. The van der Waals surface area contributed by atoms with Gasteiger partial charge in [-0.1, -0.05) is 44.2 Å². The molecular weight excluding hydrogens is 204 g/mol. The molecule has 3 heteroatoms. The van der Waals surface area contributed by atoms with Gasteiger partial charge in [-0.3, -0.25) is 4.79 Å². The number of hydrogen-bond acceptors (Lipinski definition) is 2. The molecule has 0 radical (unpaired) electrons. The van der Waals surface area contributed by atoms with Crippen molar-refractivity contribution in [2.75, 3.05) is 0 Å². The van der Waals surface area contributed by atoms with E-state index in [9.17, 15) is 15.0 Å². The van der Waals surface area contributed by atoms with Gasteiger partial charge in [0.15, 0.2) is 0 Å². The minimum absolute atomic E-state index is 0.412. The van der Waals surface area contributed by atoms with Gasteiger partial charge in [0.2, 0.25) is 0 Å². The van der Waals surface area contributed by atoms with Gasteiger partial charge in [-0.05, 0) is 18.4 Å². The van der Waals surface area contributed by atoms with E-state index in [1.165, 1.54) is 0 Å².